The number of rotatable bonds is 4. The highest BCUT2D eigenvalue weighted by Crippen LogP contribution is 2.33. The number of halogens is 2. The quantitative estimate of drug-likeness (QED) is 0.939. The molecule has 7 heteroatoms. The fraction of sp³-hybridized carbons (Fsp3) is 0.375. The number of aryl methyl sites for hydroxylation is 1. The Morgan fingerprint density at radius 1 is 1.43 bits per heavy atom. The Bertz CT molecular complexity index is 751. The first-order valence-electron chi connectivity index (χ1n) is 7.34. The lowest BCUT2D eigenvalue weighted by atomic mass is 10.1. The molecule has 1 saturated heterocycles. The van der Waals surface area contributed by atoms with Gasteiger partial charge < -0.3 is 15.4 Å². The highest BCUT2D eigenvalue weighted by atomic mass is 19.3. The van der Waals surface area contributed by atoms with Gasteiger partial charge in [-0.3, -0.25) is 9.78 Å². The zero-order chi connectivity index (χ0) is 16.6. The van der Waals surface area contributed by atoms with Crippen LogP contribution in [0.25, 0.3) is 10.9 Å². The number of carbonyl (C=O) groups is 1. The minimum absolute atomic E-state index is 0.0880. The first-order valence-corrected chi connectivity index (χ1v) is 7.34. The summed E-state index contributed by atoms with van der Waals surface area (Å²) < 4.78 is 29.3. The lowest BCUT2D eigenvalue weighted by Gasteiger charge is -2.21. The van der Waals surface area contributed by atoms with E-state index in [9.17, 15) is 13.6 Å². The number of primary amides is 1. The van der Waals surface area contributed by atoms with Gasteiger partial charge in [0.05, 0.1) is 11.4 Å². The second-order valence-corrected chi connectivity index (χ2v) is 5.67. The topological polar surface area (TPSA) is 68.5 Å². The standard InChI is InChI=1S/C16H17F2N3O2/c1-9-6-14(21-5-4-10(8-21)15(19)22)12-7-11(23-16(17)18)2-3-13(12)20-9/h2-3,6-7,10,16H,4-5,8H2,1H3,(H2,19,22). The van der Waals surface area contributed by atoms with Crippen molar-refractivity contribution in [2.45, 2.75) is 20.0 Å². The monoisotopic (exact) mass is 321 g/mol. The number of amides is 1. The van der Waals surface area contributed by atoms with E-state index in [2.05, 4.69) is 9.72 Å². The van der Waals surface area contributed by atoms with Crippen LogP contribution < -0.4 is 15.4 Å². The Labute approximate surface area is 132 Å². The maximum atomic E-state index is 12.4. The van der Waals surface area contributed by atoms with Crippen molar-refractivity contribution in [1.82, 2.24) is 4.98 Å². The van der Waals surface area contributed by atoms with Crippen molar-refractivity contribution >= 4 is 22.5 Å². The number of benzene rings is 1. The fourth-order valence-electron chi connectivity index (χ4n) is 2.96. The Balaban J connectivity index is 2.02. The normalized spacial score (nSPS) is 17.9. The van der Waals surface area contributed by atoms with Gasteiger partial charge in [-0.15, -0.1) is 0 Å². The van der Waals surface area contributed by atoms with Crippen molar-refractivity contribution in [3.8, 4) is 5.75 Å². The predicted octanol–water partition coefficient (Wildman–Crippen LogP) is 2.46. The maximum Gasteiger partial charge on any atom is 0.387 e. The second kappa shape index (κ2) is 5.98. The van der Waals surface area contributed by atoms with E-state index in [4.69, 9.17) is 5.73 Å². The molecule has 0 saturated carbocycles. The number of nitrogens with zero attached hydrogens (tertiary/aromatic N) is 2. The third-order valence-corrected chi connectivity index (χ3v) is 4.04. The molecule has 2 heterocycles. The summed E-state index contributed by atoms with van der Waals surface area (Å²) in [4.78, 5) is 17.8. The van der Waals surface area contributed by atoms with Crippen LogP contribution >= 0.6 is 0 Å². The summed E-state index contributed by atoms with van der Waals surface area (Å²) in [5.74, 6) is -0.423. The fourth-order valence-corrected chi connectivity index (χ4v) is 2.96. The number of hydrogen-bond donors (Lipinski definition) is 1. The maximum absolute atomic E-state index is 12.4. The number of ether oxygens (including phenoxy) is 1. The molecular weight excluding hydrogens is 304 g/mol. The van der Waals surface area contributed by atoms with Gasteiger partial charge in [0.25, 0.3) is 0 Å². The number of hydrogen-bond acceptors (Lipinski definition) is 4. The van der Waals surface area contributed by atoms with E-state index in [1.165, 1.54) is 6.07 Å². The molecule has 1 aromatic heterocycles. The summed E-state index contributed by atoms with van der Waals surface area (Å²) >= 11 is 0. The van der Waals surface area contributed by atoms with Crippen molar-refractivity contribution in [2.24, 2.45) is 11.7 Å². The Kier molecular flexibility index (Phi) is 4.02. The van der Waals surface area contributed by atoms with Crippen LogP contribution in [0.5, 0.6) is 5.75 Å². The zero-order valence-corrected chi connectivity index (χ0v) is 12.6. The molecule has 1 amide bonds. The van der Waals surface area contributed by atoms with E-state index >= 15 is 0 Å². The van der Waals surface area contributed by atoms with E-state index in [1.807, 2.05) is 17.9 Å². The second-order valence-electron chi connectivity index (χ2n) is 5.67. The van der Waals surface area contributed by atoms with Crippen LogP contribution in [0.1, 0.15) is 12.1 Å². The lowest BCUT2D eigenvalue weighted by Crippen LogP contribution is -2.27. The molecule has 5 nitrogen and oxygen atoms in total. The summed E-state index contributed by atoms with van der Waals surface area (Å²) in [6.45, 7) is 0.203. The molecule has 2 aromatic rings. The number of pyridine rings is 1. The molecule has 122 valence electrons. The van der Waals surface area contributed by atoms with E-state index in [0.29, 0.717) is 25.0 Å². The van der Waals surface area contributed by atoms with E-state index in [0.717, 1.165) is 16.8 Å². The largest absolute Gasteiger partial charge is 0.435 e. The molecule has 1 aromatic carbocycles. The smallest absolute Gasteiger partial charge is 0.387 e. The highest BCUT2D eigenvalue weighted by Gasteiger charge is 2.28. The summed E-state index contributed by atoms with van der Waals surface area (Å²) in [5, 5.41) is 0.721. The lowest BCUT2D eigenvalue weighted by molar-refractivity contribution is -0.121. The number of aromatic nitrogens is 1. The van der Waals surface area contributed by atoms with E-state index in [1.54, 1.807) is 12.1 Å². The molecule has 1 unspecified atom stereocenters. The molecule has 1 aliphatic heterocycles. The van der Waals surface area contributed by atoms with Gasteiger partial charge in [-0.25, -0.2) is 0 Å². The first kappa shape index (κ1) is 15.5. The first-order chi connectivity index (χ1) is 10.9. The minimum atomic E-state index is -2.87. The van der Waals surface area contributed by atoms with Gasteiger partial charge in [0.2, 0.25) is 5.91 Å². The number of carbonyl (C=O) groups excluding carboxylic acids is 1. The van der Waals surface area contributed by atoms with Crippen molar-refractivity contribution in [1.29, 1.82) is 0 Å². The summed E-state index contributed by atoms with van der Waals surface area (Å²) in [7, 11) is 0. The van der Waals surface area contributed by atoms with Crippen LogP contribution in [0.3, 0.4) is 0 Å². The van der Waals surface area contributed by atoms with Crippen molar-refractivity contribution in [3.63, 3.8) is 0 Å². The van der Waals surface area contributed by atoms with Crippen LogP contribution in [0.4, 0.5) is 14.5 Å². The van der Waals surface area contributed by atoms with Gasteiger partial charge in [-0.1, -0.05) is 0 Å². The molecule has 0 aliphatic carbocycles. The third kappa shape index (κ3) is 3.18. The SMILES string of the molecule is Cc1cc(N2CCC(C(N)=O)C2)c2cc(OC(F)F)ccc2n1. The molecule has 1 fully saturated rings. The molecule has 3 rings (SSSR count). The molecule has 1 atom stereocenters. The Hall–Kier alpha value is -2.44. The molecule has 0 radical (unpaired) electrons. The summed E-state index contributed by atoms with van der Waals surface area (Å²) in [6, 6.07) is 6.57. The molecule has 0 bridgehead atoms. The van der Waals surface area contributed by atoms with Gasteiger partial charge in [0.15, 0.2) is 0 Å². The number of fused-ring (bicyclic) bond motifs is 1. The summed E-state index contributed by atoms with van der Waals surface area (Å²) in [6.07, 6.45) is 0.686. The van der Waals surface area contributed by atoms with Gasteiger partial charge in [-0.05, 0) is 37.6 Å². The number of alkyl halides is 2. The van der Waals surface area contributed by atoms with Crippen LogP contribution in [0.15, 0.2) is 24.3 Å². The van der Waals surface area contributed by atoms with Crippen molar-refractivity contribution in [3.05, 3.63) is 30.0 Å². The molecule has 1 aliphatic rings. The van der Waals surface area contributed by atoms with Gasteiger partial charge >= 0.3 is 6.61 Å². The average molecular weight is 321 g/mol. The Morgan fingerprint density at radius 2 is 2.22 bits per heavy atom. The third-order valence-electron chi connectivity index (χ3n) is 4.04. The minimum Gasteiger partial charge on any atom is -0.435 e. The summed E-state index contributed by atoms with van der Waals surface area (Å²) in [5.41, 5.74) is 7.75. The molecule has 2 N–H and O–H groups in total. The number of nitrogens with two attached hydrogens (primary N) is 1. The van der Waals surface area contributed by atoms with Gasteiger partial charge in [0.1, 0.15) is 5.75 Å². The van der Waals surface area contributed by atoms with Crippen LogP contribution in [-0.2, 0) is 4.79 Å². The number of anilines is 1. The predicted molar refractivity (Wildman–Crippen MR) is 82.6 cm³/mol. The van der Waals surface area contributed by atoms with Gasteiger partial charge in [-0.2, -0.15) is 8.78 Å². The van der Waals surface area contributed by atoms with Gasteiger partial charge in [0, 0.05) is 29.9 Å². The molecule has 23 heavy (non-hydrogen) atoms. The molecular formula is C16H17F2N3O2. The van der Waals surface area contributed by atoms with Crippen molar-refractivity contribution < 1.29 is 18.3 Å². The van der Waals surface area contributed by atoms with E-state index < -0.39 is 6.61 Å². The van der Waals surface area contributed by atoms with Crippen molar-refractivity contribution in [2.75, 3.05) is 18.0 Å². The average Bonchev–Trinajstić information content (AvgIpc) is 2.96. The molecule has 0 spiro atoms. The Morgan fingerprint density at radius 3 is 2.87 bits per heavy atom. The van der Waals surface area contributed by atoms with E-state index in [-0.39, 0.29) is 17.6 Å². The van der Waals surface area contributed by atoms with Crippen LogP contribution in [-0.4, -0.2) is 30.6 Å². The highest BCUT2D eigenvalue weighted by molar-refractivity contribution is 5.93. The zero-order valence-electron chi connectivity index (χ0n) is 12.6. The van der Waals surface area contributed by atoms with Crippen LogP contribution in [0.2, 0.25) is 0 Å². The van der Waals surface area contributed by atoms with Crippen LogP contribution in [0, 0.1) is 12.8 Å².